The molecule has 0 radical (unpaired) electrons. The quantitative estimate of drug-likeness (QED) is 0.778. The van der Waals surface area contributed by atoms with Gasteiger partial charge in [0.1, 0.15) is 0 Å². The Bertz CT molecular complexity index is 664. The van der Waals surface area contributed by atoms with Gasteiger partial charge in [-0.25, -0.2) is 4.98 Å². The van der Waals surface area contributed by atoms with Crippen molar-refractivity contribution in [1.29, 1.82) is 0 Å². The molecule has 0 saturated carbocycles. The Morgan fingerprint density at radius 2 is 2.23 bits per heavy atom. The fourth-order valence-corrected chi connectivity index (χ4v) is 3.22. The lowest BCUT2D eigenvalue weighted by Gasteiger charge is -2.09. The molecule has 1 heterocycles. The summed E-state index contributed by atoms with van der Waals surface area (Å²) in [5, 5.41) is 2.89. The number of benzene rings is 1. The summed E-state index contributed by atoms with van der Waals surface area (Å²) in [5.41, 5.74) is 2.02. The lowest BCUT2D eigenvalue weighted by Crippen LogP contribution is -2.24. The van der Waals surface area contributed by atoms with Crippen LogP contribution >= 0.6 is 27.7 Å². The topological polar surface area (TPSA) is 51.2 Å². The molecule has 6 heteroatoms. The molecule has 0 aliphatic rings. The predicted octanol–water partition coefficient (Wildman–Crippen LogP) is 3.57. The Morgan fingerprint density at radius 1 is 1.41 bits per heavy atom. The molecule has 0 aliphatic carbocycles. The number of aryl methyl sites for hydroxylation is 1. The van der Waals surface area contributed by atoms with E-state index >= 15 is 0 Å². The third kappa shape index (κ3) is 4.74. The van der Waals surface area contributed by atoms with Crippen LogP contribution in [0.1, 0.15) is 11.1 Å². The molecular formula is C16H17BrN2O2S. The Morgan fingerprint density at radius 3 is 2.95 bits per heavy atom. The molecular weight excluding hydrogens is 364 g/mol. The number of pyridine rings is 1. The lowest BCUT2D eigenvalue weighted by atomic mass is 10.2. The van der Waals surface area contributed by atoms with Crippen molar-refractivity contribution < 1.29 is 9.53 Å². The van der Waals surface area contributed by atoms with Gasteiger partial charge in [-0.15, -0.1) is 11.8 Å². The van der Waals surface area contributed by atoms with Gasteiger partial charge in [0.15, 0.2) is 0 Å². The number of aromatic nitrogens is 1. The average molecular weight is 381 g/mol. The number of carbonyl (C=O) groups excluding carboxylic acids is 1. The number of nitrogens with one attached hydrogen (secondary N) is 1. The highest BCUT2D eigenvalue weighted by atomic mass is 79.9. The minimum atomic E-state index is -0.0155. The van der Waals surface area contributed by atoms with Crippen molar-refractivity contribution in [3.63, 3.8) is 0 Å². The first-order valence-corrected chi connectivity index (χ1v) is 8.51. The Labute approximate surface area is 142 Å². The molecule has 0 aliphatic heterocycles. The number of thioether (sulfide) groups is 1. The van der Waals surface area contributed by atoms with Crippen LogP contribution in [0, 0.1) is 6.92 Å². The zero-order valence-electron chi connectivity index (χ0n) is 12.4. The smallest absolute Gasteiger partial charge is 0.230 e. The molecule has 0 atom stereocenters. The van der Waals surface area contributed by atoms with Gasteiger partial charge in [-0.05, 0) is 36.8 Å². The maximum atomic E-state index is 12.0. The number of hydrogen-bond acceptors (Lipinski definition) is 4. The second-order valence-electron chi connectivity index (χ2n) is 4.65. The zero-order chi connectivity index (χ0) is 15.9. The van der Waals surface area contributed by atoms with E-state index in [0.29, 0.717) is 18.2 Å². The van der Waals surface area contributed by atoms with Crippen LogP contribution in [0.4, 0.5) is 0 Å². The molecule has 22 heavy (non-hydrogen) atoms. The van der Waals surface area contributed by atoms with E-state index in [-0.39, 0.29) is 5.91 Å². The molecule has 0 bridgehead atoms. The van der Waals surface area contributed by atoms with Crippen molar-refractivity contribution in [2.24, 2.45) is 0 Å². The van der Waals surface area contributed by atoms with Gasteiger partial charge in [-0.2, -0.15) is 0 Å². The largest absolute Gasteiger partial charge is 0.481 e. The van der Waals surface area contributed by atoms with Crippen LogP contribution in [-0.4, -0.2) is 23.8 Å². The predicted molar refractivity (Wildman–Crippen MR) is 92.2 cm³/mol. The van der Waals surface area contributed by atoms with Crippen molar-refractivity contribution in [3.8, 4) is 5.88 Å². The summed E-state index contributed by atoms with van der Waals surface area (Å²) in [6.45, 7) is 2.45. The monoisotopic (exact) mass is 380 g/mol. The van der Waals surface area contributed by atoms with Crippen LogP contribution in [0.2, 0.25) is 0 Å². The van der Waals surface area contributed by atoms with Gasteiger partial charge in [0, 0.05) is 27.7 Å². The second-order valence-corrected chi connectivity index (χ2v) is 6.58. The third-order valence-electron chi connectivity index (χ3n) is 3.02. The zero-order valence-corrected chi connectivity index (χ0v) is 14.8. The molecule has 0 unspecified atom stereocenters. The maximum Gasteiger partial charge on any atom is 0.230 e. The van der Waals surface area contributed by atoms with Crippen LogP contribution in [0.3, 0.4) is 0 Å². The van der Waals surface area contributed by atoms with Gasteiger partial charge < -0.3 is 10.1 Å². The first kappa shape index (κ1) is 16.8. The number of methoxy groups -OCH3 is 1. The SMILES string of the molecule is COc1ncccc1CNC(=O)CSc1ccc(Br)cc1C. The molecule has 4 nitrogen and oxygen atoms in total. The van der Waals surface area contributed by atoms with Gasteiger partial charge >= 0.3 is 0 Å². The van der Waals surface area contributed by atoms with Crippen molar-refractivity contribution in [3.05, 3.63) is 52.1 Å². The summed E-state index contributed by atoms with van der Waals surface area (Å²) in [7, 11) is 1.57. The normalized spacial score (nSPS) is 10.3. The summed E-state index contributed by atoms with van der Waals surface area (Å²) < 4.78 is 6.21. The Hall–Kier alpha value is -1.53. The number of amides is 1. The fourth-order valence-electron chi connectivity index (χ4n) is 1.91. The standard InChI is InChI=1S/C16H17BrN2O2S/c1-11-8-13(17)5-6-14(11)22-10-15(20)19-9-12-4-3-7-18-16(12)21-2/h3-8H,9-10H2,1-2H3,(H,19,20). The van der Waals surface area contributed by atoms with Gasteiger partial charge in [0.2, 0.25) is 11.8 Å². The summed E-state index contributed by atoms with van der Waals surface area (Å²) in [6.07, 6.45) is 1.66. The average Bonchev–Trinajstić information content (AvgIpc) is 2.52. The highest BCUT2D eigenvalue weighted by molar-refractivity contribution is 9.10. The third-order valence-corrected chi connectivity index (χ3v) is 4.68. The van der Waals surface area contributed by atoms with E-state index < -0.39 is 0 Å². The van der Waals surface area contributed by atoms with Gasteiger partial charge in [0.05, 0.1) is 12.9 Å². The summed E-state index contributed by atoms with van der Waals surface area (Å²) >= 11 is 4.96. The molecule has 0 fully saturated rings. The first-order valence-electron chi connectivity index (χ1n) is 6.73. The minimum absolute atomic E-state index is 0.0155. The van der Waals surface area contributed by atoms with E-state index in [1.807, 2.05) is 37.3 Å². The number of carbonyl (C=O) groups is 1. The van der Waals surface area contributed by atoms with Crippen LogP contribution in [0.5, 0.6) is 5.88 Å². The van der Waals surface area contributed by atoms with E-state index in [4.69, 9.17) is 4.74 Å². The molecule has 116 valence electrons. The summed E-state index contributed by atoms with van der Waals surface area (Å²) in [6, 6.07) is 9.75. The van der Waals surface area contributed by atoms with E-state index in [1.165, 1.54) is 11.8 Å². The van der Waals surface area contributed by atoms with Gasteiger partial charge in [0.25, 0.3) is 0 Å². The van der Waals surface area contributed by atoms with Crippen molar-refractivity contribution in [2.75, 3.05) is 12.9 Å². The van der Waals surface area contributed by atoms with E-state index in [0.717, 1.165) is 20.5 Å². The molecule has 1 aromatic heterocycles. The van der Waals surface area contributed by atoms with E-state index in [1.54, 1.807) is 13.3 Å². The number of rotatable bonds is 6. The molecule has 1 amide bonds. The van der Waals surface area contributed by atoms with Crippen molar-refractivity contribution >= 4 is 33.6 Å². The van der Waals surface area contributed by atoms with Crippen LogP contribution in [0.15, 0.2) is 45.9 Å². The summed E-state index contributed by atoms with van der Waals surface area (Å²) in [4.78, 5) is 17.2. The number of hydrogen-bond donors (Lipinski definition) is 1. The van der Waals surface area contributed by atoms with Gasteiger partial charge in [-0.1, -0.05) is 22.0 Å². The maximum absolute atomic E-state index is 12.0. The fraction of sp³-hybridized carbons (Fsp3) is 0.250. The molecule has 2 rings (SSSR count). The molecule has 0 saturated heterocycles. The van der Waals surface area contributed by atoms with Crippen LogP contribution in [0.25, 0.3) is 0 Å². The van der Waals surface area contributed by atoms with Crippen LogP contribution < -0.4 is 10.1 Å². The van der Waals surface area contributed by atoms with Crippen molar-refractivity contribution in [2.45, 2.75) is 18.4 Å². The minimum Gasteiger partial charge on any atom is -0.481 e. The van der Waals surface area contributed by atoms with Crippen molar-refractivity contribution in [1.82, 2.24) is 10.3 Å². The Balaban J connectivity index is 1.85. The Kier molecular flexibility index (Phi) is 6.27. The molecule has 2 aromatic rings. The number of ether oxygens (including phenoxy) is 1. The lowest BCUT2D eigenvalue weighted by molar-refractivity contribution is -0.118. The highest BCUT2D eigenvalue weighted by Crippen LogP contribution is 2.25. The second kappa shape index (κ2) is 8.19. The van der Waals surface area contributed by atoms with Gasteiger partial charge in [-0.3, -0.25) is 4.79 Å². The molecule has 0 spiro atoms. The van der Waals surface area contributed by atoms with Crippen LogP contribution in [-0.2, 0) is 11.3 Å². The van der Waals surface area contributed by atoms with E-state index in [9.17, 15) is 4.79 Å². The first-order chi connectivity index (χ1) is 10.6. The van der Waals surface area contributed by atoms with E-state index in [2.05, 4.69) is 26.2 Å². The summed E-state index contributed by atoms with van der Waals surface area (Å²) in [5.74, 6) is 0.905. The number of nitrogens with zero attached hydrogens (tertiary/aromatic N) is 1. The molecule has 1 N–H and O–H groups in total. The molecule has 1 aromatic carbocycles. The highest BCUT2D eigenvalue weighted by Gasteiger charge is 2.08. The number of halogens is 1.